The molecule has 0 amide bonds. The normalized spacial score (nSPS) is 11.1. The molecule has 0 aliphatic heterocycles. The van der Waals surface area contributed by atoms with Crippen molar-refractivity contribution in [3.8, 4) is 0 Å². The Morgan fingerprint density at radius 3 is 2.30 bits per heavy atom. The molecule has 0 radical (unpaired) electrons. The molecule has 0 bridgehead atoms. The highest BCUT2D eigenvalue weighted by molar-refractivity contribution is 7.90. The Morgan fingerprint density at radius 2 is 2.00 bits per heavy atom. The van der Waals surface area contributed by atoms with Crippen LogP contribution in [-0.4, -0.2) is 20.3 Å². The molecule has 0 N–H and O–H groups in total. The molecule has 0 saturated heterocycles. The summed E-state index contributed by atoms with van der Waals surface area (Å²) in [6, 6.07) is 0. The molecule has 0 heterocycles. The van der Waals surface area contributed by atoms with E-state index in [0.717, 1.165) is 6.08 Å². The van der Waals surface area contributed by atoms with Crippen LogP contribution in [0.3, 0.4) is 0 Å². The summed E-state index contributed by atoms with van der Waals surface area (Å²) < 4.78 is 23.9. The summed E-state index contributed by atoms with van der Waals surface area (Å²) >= 11 is 0. The van der Waals surface area contributed by atoms with Gasteiger partial charge in [0.2, 0.25) is 0 Å². The molecule has 0 rings (SSSR count). The first-order chi connectivity index (χ1) is 4.48. The van der Waals surface area contributed by atoms with Crippen LogP contribution in [0.1, 0.15) is 13.8 Å². The van der Waals surface area contributed by atoms with E-state index in [1.54, 1.807) is 13.8 Å². The van der Waals surface area contributed by atoms with Gasteiger partial charge in [-0.2, -0.15) is 0 Å². The van der Waals surface area contributed by atoms with Gasteiger partial charge in [0.1, 0.15) is 0 Å². The number of rotatable bonds is 3. The van der Waals surface area contributed by atoms with E-state index < -0.39 is 10.0 Å². The number of hydrogen-bond donors (Lipinski definition) is 0. The molecular formula is C5H9NO3S. The van der Waals surface area contributed by atoms with E-state index >= 15 is 0 Å². The lowest BCUT2D eigenvalue weighted by Gasteiger charge is -1.97. The molecule has 0 aromatic carbocycles. The minimum atomic E-state index is -3.53. The maximum Gasteiger partial charge on any atom is 0.263 e. The van der Waals surface area contributed by atoms with Crippen LogP contribution >= 0.6 is 0 Å². The zero-order valence-electron chi connectivity index (χ0n) is 5.86. The molecule has 0 aliphatic rings. The Morgan fingerprint density at radius 1 is 1.50 bits per heavy atom. The van der Waals surface area contributed by atoms with E-state index in [4.69, 9.17) is 0 Å². The molecule has 58 valence electrons. The molecule has 0 aromatic rings. The quantitative estimate of drug-likeness (QED) is 0.444. The fourth-order valence-corrected chi connectivity index (χ4v) is 1.55. The van der Waals surface area contributed by atoms with Gasteiger partial charge in [0.15, 0.2) is 0 Å². The van der Waals surface area contributed by atoms with Crippen molar-refractivity contribution in [3.05, 3.63) is 0 Å². The molecule has 0 saturated carbocycles. The minimum absolute atomic E-state index is 0.0119. The van der Waals surface area contributed by atoms with E-state index in [1.165, 1.54) is 0 Å². The molecule has 0 aliphatic carbocycles. The van der Waals surface area contributed by atoms with Gasteiger partial charge in [-0.3, -0.25) is 0 Å². The standard InChI is InChI=1S/C5H9NO3S/c1-5(2)3-10(8,9)6-4-7/h5H,3H2,1-2H3. The van der Waals surface area contributed by atoms with Gasteiger partial charge in [0, 0.05) is 0 Å². The Bertz CT molecular complexity index is 236. The van der Waals surface area contributed by atoms with Crippen molar-refractivity contribution in [1.82, 2.24) is 0 Å². The van der Waals surface area contributed by atoms with Crippen molar-refractivity contribution >= 4 is 16.1 Å². The monoisotopic (exact) mass is 163 g/mol. The first-order valence-electron chi connectivity index (χ1n) is 2.80. The summed E-state index contributed by atoms with van der Waals surface area (Å²) in [7, 11) is -3.53. The predicted molar refractivity (Wildman–Crippen MR) is 36.7 cm³/mol. The highest BCUT2D eigenvalue weighted by Crippen LogP contribution is 1.99. The zero-order valence-corrected chi connectivity index (χ0v) is 6.68. The molecule has 0 unspecified atom stereocenters. The minimum Gasteiger partial charge on any atom is -0.210 e. The van der Waals surface area contributed by atoms with Crippen LogP contribution in [-0.2, 0) is 14.8 Å². The van der Waals surface area contributed by atoms with Crippen molar-refractivity contribution in [1.29, 1.82) is 0 Å². The largest absolute Gasteiger partial charge is 0.263 e. The molecular weight excluding hydrogens is 154 g/mol. The first-order valence-corrected chi connectivity index (χ1v) is 4.40. The van der Waals surface area contributed by atoms with Gasteiger partial charge in [-0.1, -0.05) is 18.2 Å². The van der Waals surface area contributed by atoms with E-state index in [2.05, 4.69) is 4.40 Å². The average molecular weight is 163 g/mol. The summed E-state index contributed by atoms with van der Waals surface area (Å²) in [5.74, 6) is -0.107. The summed E-state index contributed by atoms with van der Waals surface area (Å²) in [5, 5.41) is 0. The second kappa shape index (κ2) is 3.49. The molecule has 0 aromatic heterocycles. The van der Waals surface area contributed by atoms with Crippen molar-refractivity contribution in [2.24, 2.45) is 10.3 Å². The molecule has 0 spiro atoms. The lowest BCUT2D eigenvalue weighted by Crippen LogP contribution is -2.07. The van der Waals surface area contributed by atoms with Crippen LogP contribution in [0, 0.1) is 5.92 Å². The van der Waals surface area contributed by atoms with Crippen LogP contribution in [0.4, 0.5) is 0 Å². The Kier molecular flexibility index (Phi) is 3.25. The smallest absolute Gasteiger partial charge is 0.210 e. The van der Waals surface area contributed by atoms with Crippen molar-refractivity contribution in [2.75, 3.05) is 5.75 Å². The van der Waals surface area contributed by atoms with Crippen LogP contribution in [0.5, 0.6) is 0 Å². The Labute approximate surface area is 60.0 Å². The van der Waals surface area contributed by atoms with Crippen LogP contribution in [0.15, 0.2) is 4.40 Å². The summed E-state index contributed by atoms with van der Waals surface area (Å²) in [6.45, 7) is 3.47. The first kappa shape index (κ1) is 9.33. The van der Waals surface area contributed by atoms with E-state index in [0.29, 0.717) is 0 Å². The Hall–Kier alpha value is -0.670. The average Bonchev–Trinajstić information content (AvgIpc) is 1.59. The maximum absolute atomic E-state index is 10.6. The van der Waals surface area contributed by atoms with Gasteiger partial charge in [-0.05, 0) is 5.92 Å². The van der Waals surface area contributed by atoms with E-state index in [-0.39, 0.29) is 11.7 Å². The van der Waals surface area contributed by atoms with Crippen molar-refractivity contribution < 1.29 is 13.2 Å². The number of nitrogens with zero attached hydrogens (tertiary/aromatic N) is 1. The van der Waals surface area contributed by atoms with Crippen LogP contribution in [0.25, 0.3) is 0 Å². The molecule has 0 fully saturated rings. The molecule has 5 heteroatoms. The number of hydrogen-bond acceptors (Lipinski definition) is 3. The maximum atomic E-state index is 10.6. The SMILES string of the molecule is CC(C)CS(=O)(=O)N=C=O. The zero-order chi connectivity index (χ0) is 8.20. The predicted octanol–water partition coefficient (Wildman–Crippen LogP) is 0.308. The van der Waals surface area contributed by atoms with Crippen molar-refractivity contribution in [2.45, 2.75) is 13.8 Å². The van der Waals surface area contributed by atoms with Gasteiger partial charge < -0.3 is 0 Å². The lowest BCUT2D eigenvalue weighted by molar-refractivity contribution is 0.562. The van der Waals surface area contributed by atoms with Crippen molar-refractivity contribution in [3.63, 3.8) is 0 Å². The second-order valence-corrected chi connectivity index (χ2v) is 4.00. The topological polar surface area (TPSA) is 63.6 Å². The highest BCUT2D eigenvalue weighted by atomic mass is 32.2. The van der Waals surface area contributed by atoms with Crippen LogP contribution < -0.4 is 0 Å². The van der Waals surface area contributed by atoms with E-state index in [9.17, 15) is 13.2 Å². The molecule has 10 heavy (non-hydrogen) atoms. The van der Waals surface area contributed by atoms with E-state index in [1.807, 2.05) is 0 Å². The summed E-state index contributed by atoms with van der Waals surface area (Å²) in [5.41, 5.74) is 0. The lowest BCUT2D eigenvalue weighted by atomic mass is 10.3. The van der Waals surface area contributed by atoms with Gasteiger partial charge in [-0.25, -0.2) is 13.2 Å². The molecule has 4 nitrogen and oxygen atoms in total. The summed E-state index contributed by atoms with van der Waals surface area (Å²) in [4.78, 5) is 9.53. The van der Waals surface area contributed by atoms with Gasteiger partial charge in [0.25, 0.3) is 16.1 Å². The number of isocyanates is 1. The fraction of sp³-hybridized carbons (Fsp3) is 0.800. The van der Waals surface area contributed by atoms with Gasteiger partial charge in [0.05, 0.1) is 5.75 Å². The second-order valence-electron chi connectivity index (χ2n) is 2.33. The summed E-state index contributed by atoms with van der Waals surface area (Å²) in [6.07, 6.45) is 1.00. The third-order valence-electron chi connectivity index (χ3n) is 0.720. The third kappa shape index (κ3) is 4.23. The fourth-order valence-electron chi connectivity index (χ4n) is 0.515. The van der Waals surface area contributed by atoms with Crippen LogP contribution in [0.2, 0.25) is 0 Å². The van der Waals surface area contributed by atoms with Gasteiger partial charge >= 0.3 is 0 Å². The Balaban J connectivity index is 4.30. The van der Waals surface area contributed by atoms with Gasteiger partial charge in [-0.15, -0.1) is 0 Å². The highest BCUT2D eigenvalue weighted by Gasteiger charge is 2.09. The number of sulfonamides is 1. The molecule has 0 atom stereocenters. The number of carbonyl (C=O) groups excluding carboxylic acids is 1. The third-order valence-corrected chi connectivity index (χ3v) is 2.16.